The Morgan fingerprint density at radius 2 is 1.62 bits per heavy atom. The van der Waals surface area contributed by atoms with Gasteiger partial charge in [0.2, 0.25) is 15.9 Å². The lowest BCUT2D eigenvalue weighted by Gasteiger charge is -2.16. The maximum atomic E-state index is 12.6. The maximum Gasteiger partial charge on any atom is 0.338 e. The van der Waals surface area contributed by atoms with Gasteiger partial charge in [0, 0.05) is 31.4 Å². The molecule has 0 aromatic heterocycles. The number of rotatable bonds is 7. The normalized spacial score (nSPS) is 15.1. The zero-order chi connectivity index (χ0) is 23.3. The average molecular weight is 460 g/mol. The number of benzene rings is 2. The molecule has 32 heavy (non-hydrogen) atoms. The second-order valence-electron chi connectivity index (χ2n) is 7.43. The summed E-state index contributed by atoms with van der Waals surface area (Å²) in [4.78, 5) is 36.1. The number of nitrogens with zero attached hydrogens (tertiary/aromatic N) is 1. The van der Waals surface area contributed by atoms with Gasteiger partial charge in [0.1, 0.15) is 0 Å². The Kier molecular flexibility index (Phi) is 7.26. The summed E-state index contributed by atoms with van der Waals surface area (Å²) in [7, 11) is -3.53. The Hall–Kier alpha value is -3.24. The van der Waals surface area contributed by atoms with Crippen molar-refractivity contribution in [3.05, 3.63) is 54.1 Å². The Bertz CT molecular complexity index is 1110. The van der Waals surface area contributed by atoms with Crippen LogP contribution >= 0.6 is 0 Å². The van der Waals surface area contributed by atoms with Crippen LogP contribution in [0.5, 0.6) is 0 Å². The number of ether oxygens (including phenoxy) is 1. The molecule has 2 amide bonds. The van der Waals surface area contributed by atoms with Crippen molar-refractivity contribution in [3.63, 3.8) is 0 Å². The molecular formula is C22H25N3O6S. The third-order valence-corrected chi connectivity index (χ3v) is 6.81. The van der Waals surface area contributed by atoms with Crippen molar-refractivity contribution in [1.29, 1.82) is 0 Å². The zero-order valence-corrected chi connectivity index (χ0v) is 18.6. The largest absolute Gasteiger partial charge is 0.449 e. The van der Waals surface area contributed by atoms with Gasteiger partial charge in [-0.2, -0.15) is 4.31 Å². The van der Waals surface area contributed by atoms with Crippen LogP contribution in [-0.4, -0.2) is 49.7 Å². The molecule has 10 heteroatoms. The van der Waals surface area contributed by atoms with Crippen molar-refractivity contribution in [3.8, 4) is 0 Å². The predicted molar refractivity (Wildman–Crippen MR) is 119 cm³/mol. The number of sulfonamides is 1. The van der Waals surface area contributed by atoms with Gasteiger partial charge < -0.3 is 15.4 Å². The summed E-state index contributed by atoms with van der Waals surface area (Å²) >= 11 is 0. The Morgan fingerprint density at radius 3 is 2.25 bits per heavy atom. The fourth-order valence-electron chi connectivity index (χ4n) is 3.24. The lowest BCUT2D eigenvalue weighted by Crippen LogP contribution is -2.30. The first-order valence-electron chi connectivity index (χ1n) is 10.2. The van der Waals surface area contributed by atoms with Gasteiger partial charge in [0.05, 0.1) is 10.5 Å². The van der Waals surface area contributed by atoms with E-state index in [-0.39, 0.29) is 16.4 Å². The summed E-state index contributed by atoms with van der Waals surface area (Å²) in [6.45, 7) is 3.80. The minimum Gasteiger partial charge on any atom is -0.449 e. The molecule has 0 radical (unpaired) electrons. The Labute approximate surface area is 186 Å². The highest BCUT2D eigenvalue weighted by molar-refractivity contribution is 7.89. The Balaban J connectivity index is 1.59. The van der Waals surface area contributed by atoms with E-state index >= 15 is 0 Å². The number of esters is 1. The Morgan fingerprint density at radius 1 is 0.969 bits per heavy atom. The molecule has 9 nitrogen and oxygen atoms in total. The highest BCUT2D eigenvalue weighted by Crippen LogP contribution is 2.22. The number of carbonyl (C=O) groups is 3. The van der Waals surface area contributed by atoms with E-state index in [9.17, 15) is 22.8 Å². The third-order valence-electron chi connectivity index (χ3n) is 4.90. The molecule has 0 aliphatic carbocycles. The van der Waals surface area contributed by atoms with Gasteiger partial charge in [-0.3, -0.25) is 9.59 Å². The van der Waals surface area contributed by atoms with Gasteiger partial charge in [0.15, 0.2) is 6.10 Å². The van der Waals surface area contributed by atoms with E-state index in [4.69, 9.17) is 4.74 Å². The minimum absolute atomic E-state index is 0.163. The molecule has 0 spiro atoms. The number of amides is 2. The lowest BCUT2D eigenvalue weighted by atomic mass is 10.2. The van der Waals surface area contributed by atoms with Crippen molar-refractivity contribution >= 4 is 39.2 Å². The van der Waals surface area contributed by atoms with E-state index in [0.29, 0.717) is 24.5 Å². The zero-order valence-electron chi connectivity index (χ0n) is 17.8. The summed E-state index contributed by atoms with van der Waals surface area (Å²) in [6.07, 6.45) is 0.600. The first-order chi connectivity index (χ1) is 15.2. The quantitative estimate of drug-likeness (QED) is 0.614. The van der Waals surface area contributed by atoms with Crippen molar-refractivity contribution in [2.45, 2.75) is 37.7 Å². The molecule has 1 aliphatic heterocycles. The van der Waals surface area contributed by atoms with Gasteiger partial charge in [-0.05, 0) is 62.2 Å². The van der Waals surface area contributed by atoms with Crippen LogP contribution in [0.1, 0.15) is 37.0 Å². The van der Waals surface area contributed by atoms with E-state index < -0.39 is 28.0 Å². The fraction of sp³-hybridized carbons (Fsp3) is 0.318. The molecule has 0 bridgehead atoms. The molecule has 1 fully saturated rings. The first-order valence-corrected chi connectivity index (χ1v) is 11.6. The topological polar surface area (TPSA) is 122 Å². The number of hydrogen-bond donors (Lipinski definition) is 2. The summed E-state index contributed by atoms with van der Waals surface area (Å²) in [6, 6.07) is 12.0. The summed E-state index contributed by atoms with van der Waals surface area (Å²) in [5.41, 5.74) is 1.01. The van der Waals surface area contributed by atoms with Crippen molar-refractivity contribution < 1.29 is 27.5 Å². The van der Waals surface area contributed by atoms with Gasteiger partial charge in [0.25, 0.3) is 5.91 Å². The number of hydrogen-bond acceptors (Lipinski definition) is 6. The molecule has 0 unspecified atom stereocenters. The molecule has 1 aliphatic rings. The van der Waals surface area contributed by atoms with Gasteiger partial charge in [-0.15, -0.1) is 0 Å². The fourth-order valence-corrected chi connectivity index (χ4v) is 4.76. The number of anilines is 2. The van der Waals surface area contributed by atoms with Crippen LogP contribution in [0.3, 0.4) is 0 Å². The molecule has 2 N–H and O–H groups in total. The van der Waals surface area contributed by atoms with E-state index in [0.717, 1.165) is 12.8 Å². The molecule has 1 saturated heterocycles. The van der Waals surface area contributed by atoms with Crippen molar-refractivity contribution in [2.24, 2.45) is 0 Å². The van der Waals surface area contributed by atoms with E-state index in [1.807, 2.05) is 0 Å². The van der Waals surface area contributed by atoms with Crippen molar-refractivity contribution in [1.82, 2.24) is 4.31 Å². The smallest absolute Gasteiger partial charge is 0.338 e. The summed E-state index contributed by atoms with van der Waals surface area (Å²) in [5.74, 6) is -1.55. The van der Waals surface area contributed by atoms with Gasteiger partial charge in [-0.1, -0.05) is 6.07 Å². The molecular weight excluding hydrogens is 434 g/mol. The highest BCUT2D eigenvalue weighted by atomic mass is 32.2. The lowest BCUT2D eigenvalue weighted by molar-refractivity contribution is -0.123. The van der Waals surface area contributed by atoms with Crippen LogP contribution in [0.15, 0.2) is 53.4 Å². The second-order valence-corrected chi connectivity index (χ2v) is 9.37. The highest BCUT2D eigenvalue weighted by Gasteiger charge is 2.27. The molecule has 1 heterocycles. The predicted octanol–water partition coefficient (Wildman–Crippen LogP) is 2.61. The summed E-state index contributed by atoms with van der Waals surface area (Å²) in [5, 5.41) is 5.17. The SMILES string of the molecule is CC(=O)Nc1cccc(C(=O)O[C@H](C)C(=O)Nc2ccc(S(=O)(=O)N3CCCC3)cc2)c1. The van der Waals surface area contributed by atoms with Crippen LogP contribution in [0.2, 0.25) is 0 Å². The van der Waals surface area contributed by atoms with Gasteiger partial charge in [-0.25, -0.2) is 13.2 Å². The standard InChI is InChI=1S/C22H25N3O6S/c1-15(31-22(28)17-6-5-7-19(14-17)23-16(2)26)21(27)24-18-8-10-20(11-9-18)32(29,30)25-12-3-4-13-25/h5-11,14-15H,3-4,12-13H2,1-2H3,(H,23,26)(H,24,27)/t15-/m1/s1. The van der Waals surface area contributed by atoms with Crippen LogP contribution in [0.25, 0.3) is 0 Å². The average Bonchev–Trinajstić information content (AvgIpc) is 3.29. The summed E-state index contributed by atoms with van der Waals surface area (Å²) < 4.78 is 31.8. The molecule has 2 aromatic carbocycles. The molecule has 170 valence electrons. The first kappa shape index (κ1) is 23.4. The van der Waals surface area contributed by atoms with Gasteiger partial charge >= 0.3 is 5.97 Å². The van der Waals surface area contributed by atoms with Crippen LogP contribution < -0.4 is 10.6 Å². The monoisotopic (exact) mass is 459 g/mol. The van der Waals surface area contributed by atoms with E-state index in [1.54, 1.807) is 12.1 Å². The second kappa shape index (κ2) is 9.92. The van der Waals surface area contributed by atoms with Crippen LogP contribution in [0.4, 0.5) is 11.4 Å². The number of nitrogens with one attached hydrogen (secondary N) is 2. The van der Waals surface area contributed by atoms with Crippen LogP contribution in [0, 0.1) is 0 Å². The van der Waals surface area contributed by atoms with Crippen LogP contribution in [-0.2, 0) is 24.3 Å². The third kappa shape index (κ3) is 5.71. The molecule has 0 saturated carbocycles. The van der Waals surface area contributed by atoms with E-state index in [1.165, 1.54) is 54.6 Å². The molecule has 3 rings (SSSR count). The maximum absolute atomic E-state index is 12.6. The van der Waals surface area contributed by atoms with E-state index in [2.05, 4.69) is 10.6 Å². The number of carbonyl (C=O) groups excluding carboxylic acids is 3. The van der Waals surface area contributed by atoms with Crippen molar-refractivity contribution in [2.75, 3.05) is 23.7 Å². The molecule has 1 atom stereocenters. The molecule has 2 aromatic rings. The minimum atomic E-state index is -3.53.